The highest BCUT2D eigenvalue weighted by Gasteiger charge is 2.23. The molecule has 0 radical (unpaired) electrons. The zero-order chi connectivity index (χ0) is 20.5. The highest BCUT2D eigenvalue weighted by Crippen LogP contribution is 2.17. The molecule has 0 N–H and O–H groups in total. The molecule has 28 heavy (non-hydrogen) atoms. The highest BCUT2D eigenvalue weighted by molar-refractivity contribution is 4.80. The van der Waals surface area contributed by atoms with Gasteiger partial charge in [-0.25, -0.2) is 0 Å². The summed E-state index contributed by atoms with van der Waals surface area (Å²) in [6.45, 7) is 19.5. The maximum atomic E-state index is 2.85. The minimum atomic E-state index is 0.771. The second-order valence-electron chi connectivity index (χ2n) is 9.10. The van der Waals surface area contributed by atoms with Crippen LogP contribution in [-0.2, 0) is 0 Å². The molecule has 0 aromatic rings. The van der Waals surface area contributed by atoms with Gasteiger partial charge in [-0.15, -0.1) is 0 Å². The molecule has 168 valence electrons. The molecule has 1 fully saturated rings. The largest absolute Gasteiger partial charge is 0.301 e. The molecular weight excluding hydrogens is 342 g/mol. The molecule has 0 aliphatic carbocycles. The third kappa shape index (κ3) is 11.8. The van der Waals surface area contributed by atoms with E-state index in [2.05, 4.69) is 42.4 Å². The van der Waals surface area contributed by atoms with E-state index in [9.17, 15) is 0 Å². The van der Waals surface area contributed by atoms with Crippen LogP contribution in [0, 0.1) is 0 Å². The van der Waals surface area contributed by atoms with Crippen LogP contribution in [0.25, 0.3) is 0 Å². The second kappa shape index (κ2) is 17.7. The summed E-state index contributed by atoms with van der Waals surface area (Å²) in [6.07, 6.45) is 16.7. The molecule has 0 saturated carbocycles. The van der Waals surface area contributed by atoms with Crippen molar-refractivity contribution in [3.63, 3.8) is 0 Å². The summed E-state index contributed by atoms with van der Waals surface area (Å²) in [5.74, 6) is 0. The lowest BCUT2D eigenvalue weighted by molar-refractivity contribution is 0.137. The Morgan fingerprint density at radius 1 is 0.536 bits per heavy atom. The topological polar surface area (TPSA) is 9.72 Å². The van der Waals surface area contributed by atoms with Gasteiger partial charge in [0, 0.05) is 38.8 Å². The van der Waals surface area contributed by atoms with Gasteiger partial charge in [0.15, 0.2) is 0 Å². The molecule has 0 bridgehead atoms. The summed E-state index contributed by atoms with van der Waals surface area (Å²) in [6, 6.07) is 0.771. The van der Waals surface area contributed by atoms with E-state index in [1.165, 1.54) is 129 Å². The molecule has 1 rings (SSSR count). The molecule has 0 aromatic carbocycles. The predicted octanol–water partition coefficient (Wildman–Crippen LogP) is 6.04. The zero-order valence-corrected chi connectivity index (χ0v) is 20.1. The molecule has 0 aromatic heterocycles. The molecule has 3 heteroatoms. The summed E-state index contributed by atoms with van der Waals surface area (Å²) in [4.78, 5) is 8.33. The quantitative estimate of drug-likeness (QED) is 0.313. The standard InChI is InChI=1S/C25H53N3/c1-5-9-10-11-12-13-14-15-16-25-24-27(18-7-3)21-20-26(17-6-2)22-23-28(25)19-8-4/h25H,5-24H2,1-4H3. The first-order valence-corrected chi connectivity index (χ1v) is 12.9. The molecule has 1 saturated heterocycles. The van der Waals surface area contributed by atoms with Crippen molar-refractivity contribution in [2.45, 2.75) is 111 Å². The van der Waals surface area contributed by atoms with E-state index in [1.54, 1.807) is 0 Å². The number of rotatable bonds is 15. The van der Waals surface area contributed by atoms with E-state index in [1.807, 2.05) is 0 Å². The van der Waals surface area contributed by atoms with Gasteiger partial charge in [0.25, 0.3) is 0 Å². The van der Waals surface area contributed by atoms with Crippen molar-refractivity contribution in [3.8, 4) is 0 Å². The number of hydrogen-bond acceptors (Lipinski definition) is 3. The van der Waals surface area contributed by atoms with E-state index in [-0.39, 0.29) is 0 Å². The van der Waals surface area contributed by atoms with Gasteiger partial charge in [0.1, 0.15) is 0 Å². The van der Waals surface area contributed by atoms with Gasteiger partial charge in [0.05, 0.1) is 0 Å². The minimum Gasteiger partial charge on any atom is -0.301 e. The summed E-state index contributed by atoms with van der Waals surface area (Å²) < 4.78 is 0. The van der Waals surface area contributed by atoms with E-state index in [0.29, 0.717) is 0 Å². The Morgan fingerprint density at radius 3 is 1.71 bits per heavy atom. The van der Waals surface area contributed by atoms with Crippen LogP contribution in [0.4, 0.5) is 0 Å². The van der Waals surface area contributed by atoms with Crippen LogP contribution in [0.3, 0.4) is 0 Å². The van der Waals surface area contributed by atoms with Crippen molar-refractivity contribution in [2.75, 3.05) is 52.4 Å². The minimum absolute atomic E-state index is 0.771. The van der Waals surface area contributed by atoms with Gasteiger partial charge >= 0.3 is 0 Å². The Morgan fingerprint density at radius 2 is 1.07 bits per heavy atom. The lowest BCUT2D eigenvalue weighted by atomic mass is 10.0. The second-order valence-corrected chi connectivity index (χ2v) is 9.10. The summed E-state index contributed by atoms with van der Waals surface area (Å²) in [5, 5.41) is 0. The van der Waals surface area contributed by atoms with Crippen LogP contribution >= 0.6 is 0 Å². The average molecular weight is 396 g/mol. The lowest BCUT2D eigenvalue weighted by Crippen LogP contribution is -2.45. The van der Waals surface area contributed by atoms with Crippen molar-refractivity contribution >= 4 is 0 Å². The smallest absolute Gasteiger partial charge is 0.0223 e. The Bertz CT molecular complexity index is 334. The van der Waals surface area contributed by atoms with Gasteiger partial charge in [-0.05, 0) is 45.3 Å². The molecule has 1 heterocycles. The lowest BCUT2D eigenvalue weighted by Gasteiger charge is -2.34. The van der Waals surface area contributed by atoms with E-state index < -0.39 is 0 Å². The van der Waals surface area contributed by atoms with Crippen molar-refractivity contribution in [1.82, 2.24) is 14.7 Å². The predicted molar refractivity (Wildman–Crippen MR) is 126 cm³/mol. The molecule has 1 unspecified atom stereocenters. The number of nitrogens with zero attached hydrogens (tertiary/aromatic N) is 3. The third-order valence-electron chi connectivity index (χ3n) is 6.40. The Labute approximate surface area is 178 Å². The van der Waals surface area contributed by atoms with Crippen molar-refractivity contribution in [3.05, 3.63) is 0 Å². The highest BCUT2D eigenvalue weighted by atomic mass is 15.3. The maximum Gasteiger partial charge on any atom is 0.0223 e. The Hall–Kier alpha value is -0.120. The van der Waals surface area contributed by atoms with Gasteiger partial charge in [0.2, 0.25) is 0 Å². The molecule has 0 amide bonds. The van der Waals surface area contributed by atoms with Gasteiger partial charge in [-0.3, -0.25) is 4.90 Å². The van der Waals surface area contributed by atoms with Crippen molar-refractivity contribution < 1.29 is 0 Å². The van der Waals surface area contributed by atoms with E-state index >= 15 is 0 Å². The molecule has 1 atom stereocenters. The Balaban J connectivity index is 2.53. The summed E-state index contributed by atoms with van der Waals surface area (Å²) in [7, 11) is 0. The fraction of sp³-hybridized carbons (Fsp3) is 1.00. The zero-order valence-electron chi connectivity index (χ0n) is 20.1. The van der Waals surface area contributed by atoms with Crippen molar-refractivity contribution in [1.29, 1.82) is 0 Å². The molecule has 1 aliphatic heterocycles. The van der Waals surface area contributed by atoms with Gasteiger partial charge in [-0.2, -0.15) is 0 Å². The average Bonchev–Trinajstić information content (AvgIpc) is 2.76. The van der Waals surface area contributed by atoms with Crippen LogP contribution in [0.5, 0.6) is 0 Å². The molecule has 3 nitrogen and oxygen atoms in total. The maximum absolute atomic E-state index is 2.85. The summed E-state index contributed by atoms with van der Waals surface area (Å²) >= 11 is 0. The van der Waals surface area contributed by atoms with Gasteiger partial charge in [-0.1, -0.05) is 79.1 Å². The third-order valence-corrected chi connectivity index (χ3v) is 6.40. The molecular formula is C25H53N3. The first kappa shape index (κ1) is 25.9. The summed E-state index contributed by atoms with van der Waals surface area (Å²) in [5.41, 5.74) is 0. The number of unbranched alkanes of at least 4 members (excludes halogenated alkanes) is 7. The van der Waals surface area contributed by atoms with Crippen LogP contribution in [0.15, 0.2) is 0 Å². The first-order chi connectivity index (χ1) is 13.7. The van der Waals surface area contributed by atoms with Crippen LogP contribution in [0.1, 0.15) is 105 Å². The van der Waals surface area contributed by atoms with Gasteiger partial charge < -0.3 is 9.80 Å². The van der Waals surface area contributed by atoms with Crippen LogP contribution in [-0.4, -0.2) is 73.1 Å². The molecule has 0 spiro atoms. The van der Waals surface area contributed by atoms with E-state index in [0.717, 1.165) is 6.04 Å². The fourth-order valence-corrected chi connectivity index (χ4v) is 4.78. The van der Waals surface area contributed by atoms with E-state index in [4.69, 9.17) is 0 Å². The number of hydrogen-bond donors (Lipinski definition) is 0. The molecule has 1 aliphatic rings. The fourth-order valence-electron chi connectivity index (χ4n) is 4.78. The van der Waals surface area contributed by atoms with Crippen molar-refractivity contribution in [2.24, 2.45) is 0 Å². The monoisotopic (exact) mass is 395 g/mol. The Kier molecular flexibility index (Phi) is 16.4. The normalized spacial score (nSPS) is 20.8. The van der Waals surface area contributed by atoms with Crippen LogP contribution in [0.2, 0.25) is 0 Å². The SMILES string of the molecule is CCCCCCCCCCC1CN(CCC)CCN(CCC)CCN1CCC. The van der Waals surface area contributed by atoms with Crippen LogP contribution < -0.4 is 0 Å². The first-order valence-electron chi connectivity index (χ1n) is 12.9.